The highest BCUT2D eigenvalue weighted by Crippen LogP contribution is 2.61. The van der Waals surface area contributed by atoms with Crippen LogP contribution in [-0.4, -0.2) is 11.7 Å². The normalized spacial score (nSPS) is 12.5. The van der Waals surface area contributed by atoms with Crippen molar-refractivity contribution < 1.29 is 4.79 Å². The Labute approximate surface area is 191 Å². The summed E-state index contributed by atoms with van der Waals surface area (Å²) in [5.41, 5.74) is 0.498. The van der Waals surface area contributed by atoms with Crippen molar-refractivity contribution in [3.8, 4) is 0 Å². The Balaban J connectivity index is 2.38. The lowest BCUT2D eigenvalue weighted by molar-refractivity contribution is -0.127. The molecule has 0 unspecified atom stereocenters. The summed E-state index contributed by atoms with van der Waals surface area (Å²) in [4.78, 5) is 13.2. The Morgan fingerprint density at radius 2 is 1.19 bits per heavy atom. The van der Waals surface area contributed by atoms with Crippen LogP contribution in [0.15, 0.2) is 102 Å². The van der Waals surface area contributed by atoms with E-state index in [1.54, 1.807) is 11.8 Å². The van der Waals surface area contributed by atoms with Gasteiger partial charge in [0.1, 0.15) is 15.9 Å². The summed E-state index contributed by atoms with van der Waals surface area (Å²) in [5, 5.41) is 9.23. The Morgan fingerprint density at radius 3 is 1.52 bits per heavy atom. The maximum absolute atomic E-state index is 13.2. The Bertz CT molecular complexity index is 915. The summed E-state index contributed by atoms with van der Waals surface area (Å²) in [5.74, 6) is 0.968. The second-order valence-electron chi connectivity index (χ2n) is 8.34. The fourth-order valence-corrected chi connectivity index (χ4v) is 8.57. The van der Waals surface area contributed by atoms with Crippen molar-refractivity contribution in [2.24, 2.45) is 5.41 Å². The lowest BCUT2D eigenvalue weighted by Gasteiger charge is -2.30. The fourth-order valence-electron chi connectivity index (χ4n) is 3.48. The van der Waals surface area contributed by atoms with Crippen LogP contribution in [0.3, 0.4) is 0 Å². The van der Waals surface area contributed by atoms with Crippen LogP contribution in [0.4, 0.5) is 0 Å². The van der Waals surface area contributed by atoms with Crippen molar-refractivity contribution in [2.75, 3.05) is 5.75 Å². The molecule has 0 bridgehead atoms. The van der Waals surface area contributed by atoms with Gasteiger partial charge in [0, 0.05) is 10.8 Å². The first-order valence-corrected chi connectivity index (χ1v) is 13.4. The van der Waals surface area contributed by atoms with Gasteiger partial charge in [0.15, 0.2) is 12.7 Å². The molecule has 0 aromatic heterocycles. The van der Waals surface area contributed by atoms with Gasteiger partial charge in [-0.2, -0.15) is 0 Å². The number of hydrogen-bond acceptors (Lipinski definition) is 2. The van der Waals surface area contributed by atoms with E-state index in [0.29, 0.717) is 0 Å². The molecule has 3 rings (SSSR count). The molecule has 2 nitrogen and oxygen atoms in total. The van der Waals surface area contributed by atoms with Gasteiger partial charge in [-0.15, -0.1) is 11.8 Å². The second-order valence-corrected chi connectivity index (χ2v) is 12.9. The number of thioether (sulfide) groups is 1. The van der Waals surface area contributed by atoms with Gasteiger partial charge >= 0.3 is 0 Å². The first-order chi connectivity index (χ1) is 14.9. The molecule has 0 atom stereocenters. The van der Waals surface area contributed by atoms with E-state index in [-0.39, 0.29) is 5.91 Å². The van der Waals surface area contributed by atoms with Gasteiger partial charge < -0.3 is 0 Å². The standard InChI is InChI=1S/C27H30NOPS/c1-5-31-21-25(28-26(29)27(2,3)4)30(22-15-9-6-10-16-22,23-17-11-7-12-18-23)24-19-13-8-14-20-24/h6-21H,5H2,1-4H3/p+1/b25-21+. The SMILES string of the molecule is CCS/C=C(\NC(=O)C(C)(C)C)[P+](c1ccccc1)(c1ccccc1)c1ccccc1. The van der Waals surface area contributed by atoms with Crippen molar-refractivity contribution in [1.29, 1.82) is 0 Å². The Morgan fingerprint density at radius 1 is 0.806 bits per heavy atom. The zero-order chi connectivity index (χ0) is 22.3. The minimum Gasteiger partial charge on any atom is -0.295 e. The lowest BCUT2D eigenvalue weighted by atomic mass is 9.96. The minimum absolute atomic E-state index is 0.0302. The first kappa shape index (κ1) is 23.3. The van der Waals surface area contributed by atoms with Crippen LogP contribution in [0.2, 0.25) is 0 Å². The van der Waals surface area contributed by atoms with Crippen LogP contribution in [0.25, 0.3) is 0 Å². The molecule has 31 heavy (non-hydrogen) atoms. The van der Waals surface area contributed by atoms with Crippen LogP contribution in [0, 0.1) is 5.41 Å². The molecule has 0 saturated carbocycles. The minimum atomic E-state index is -2.31. The molecule has 3 aromatic rings. The molecular formula is C27H31NOPS+. The number of hydrogen-bond donors (Lipinski definition) is 1. The van der Waals surface area contributed by atoms with E-state index in [4.69, 9.17) is 0 Å². The van der Waals surface area contributed by atoms with Crippen molar-refractivity contribution in [3.05, 3.63) is 102 Å². The zero-order valence-corrected chi connectivity index (χ0v) is 20.4. The lowest BCUT2D eigenvalue weighted by Crippen LogP contribution is -2.41. The maximum atomic E-state index is 13.2. The molecule has 4 heteroatoms. The third kappa shape index (κ3) is 5.11. The largest absolute Gasteiger partial charge is 0.295 e. The molecule has 160 valence electrons. The molecule has 0 radical (unpaired) electrons. The molecule has 1 amide bonds. The highest BCUT2D eigenvalue weighted by molar-refractivity contribution is 8.04. The predicted molar refractivity (Wildman–Crippen MR) is 139 cm³/mol. The number of rotatable bonds is 7. The van der Waals surface area contributed by atoms with Crippen molar-refractivity contribution in [3.63, 3.8) is 0 Å². The zero-order valence-electron chi connectivity index (χ0n) is 18.7. The molecular weight excluding hydrogens is 417 g/mol. The highest BCUT2D eigenvalue weighted by Gasteiger charge is 2.51. The van der Waals surface area contributed by atoms with E-state index in [1.165, 1.54) is 15.9 Å². The summed E-state index contributed by atoms with van der Waals surface area (Å²) in [6.07, 6.45) is 0. The fraction of sp³-hybridized carbons (Fsp3) is 0.222. The first-order valence-electron chi connectivity index (χ1n) is 10.6. The van der Waals surface area contributed by atoms with Crippen molar-refractivity contribution in [1.82, 2.24) is 5.32 Å². The van der Waals surface area contributed by atoms with Crippen LogP contribution in [0.1, 0.15) is 27.7 Å². The van der Waals surface area contributed by atoms with Crippen LogP contribution in [-0.2, 0) is 4.79 Å². The average molecular weight is 449 g/mol. The Hall–Kier alpha value is -2.35. The number of carbonyl (C=O) groups is 1. The van der Waals surface area contributed by atoms with E-state index in [2.05, 4.69) is 90.4 Å². The molecule has 1 N–H and O–H groups in total. The molecule has 0 spiro atoms. The number of amides is 1. The van der Waals surface area contributed by atoms with Gasteiger partial charge in [-0.25, -0.2) is 0 Å². The van der Waals surface area contributed by atoms with Crippen molar-refractivity contribution in [2.45, 2.75) is 27.7 Å². The quantitative estimate of drug-likeness (QED) is 0.470. The van der Waals surface area contributed by atoms with Gasteiger partial charge in [0.2, 0.25) is 5.91 Å². The van der Waals surface area contributed by atoms with Gasteiger partial charge in [0.05, 0.1) is 0 Å². The highest BCUT2D eigenvalue weighted by atomic mass is 32.2. The monoisotopic (exact) mass is 448 g/mol. The molecule has 0 aliphatic rings. The van der Waals surface area contributed by atoms with E-state index in [1.807, 2.05) is 39.0 Å². The number of benzene rings is 3. The van der Waals surface area contributed by atoms with Crippen LogP contribution < -0.4 is 21.2 Å². The third-order valence-electron chi connectivity index (χ3n) is 5.08. The number of nitrogens with one attached hydrogen (secondary N) is 1. The van der Waals surface area contributed by atoms with Gasteiger partial charge in [0.25, 0.3) is 0 Å². The van der Waals surface area contributed by atoms with E-state index < -0.39 is 12.7 Å². The average Bonchev–Trinajstić information content (AvgIpc) is 2.79. The maximum Gasteiger partial charge on any atom is 0.232 e. The summed E-state index contributed by atoms with van der Waals surface area (Å²) >= 11 is 1.73. The van der Waals surface area contributed by atoms with E-state index >= 15 is 0 Å². The predicted octanol–water partition coefficient (Wildman–Crippen LogP) is 5.69. The van der Waals surface area contributed by atoms with Crippen molar-refractivity contribution >= 4 is 40.8 Å². The summed E-state index contributed by atoms with van der Waals surface area (Å²) in [6.45, 7) is 8.01. The summed E-state index contributed by atoms with van der Waals surface area (Å²) < 4.78 is 0. The number of carbonyl (C=O) groups excluding carboxylic acids is 1. The Kier molecular flexibility index (Phi) is 7.75. The van der Waals surface area contributed by atoms with Crippen LogP contribution in [0.5, 0.6) is 0 Å². The molecule has 0 saturated heterocycles. The van der Waals surface area contributed by atoms with Gasteiger partial charge in [-0.05, 0) is 42.2 Å². The molecule has 0 aliphatic carbocycles. The second kappa shape index (κ2) is 10.3. The smallest absolute Gasteiger partial charge is 0.232 e. The van der Waals surface area contributed by atoms with Gasteiger partial charge in [-0.3, -0.25) is 10.1 Å². The topological polar surface area (TPSA) is 29.1 Å². The molecule has 0 heterocycles. The van der Waals surface area contributed by atoms with E-state index in [0.717, 1.165) is 11.2 Å². The van der Waals surface area contributed by atoms with Gasteiger partial charge in [-0.1, -0.05) is 82.3 Å². The van der Waals surface area contributed by atoms with E-state index in [9.17, 15) is 4.79 Å². The molecule has 0 fully saturated rings. The summed E-state index contributed by atoms with van der Waals surface area (Å²) in [7, 11) is -2.31. The summed E-state index contributed by atoms with van der Waals surface area (Å²) in [6, 6.07) is 31.9. The van der Waals surface area contributed by atoms with Crippen LogP contribution >= 0.6 is 19.0 Å². The third-order valence-corrected chi connectivity index (χ3v) is 10.2. The molecule has 3 aromatic carbocycles. The molecule has 0 aliphatic heterocycles.